The van der Waals surface area contributed by atoms with Crippen molar-refractivity contribution in [2.75, 3.05) is 13.2 Å². The first kappa shape index (κ1) is 16.2. The molecule has 0 aromatic heterocycles. The second-order valence-electron chi connectivity index (χ2n) is 3.98. The van der Waals surface area contributed by atoms with Gasteiger partial charge in [0, 0.05) is 17.7 Å². The number of hydrogen-bond acceptors (Lipinski definition) is 4. The lowest BCUT2D eigenvalue weighted by Gasteiger charge is -2.09. The zero-order valence-electron chi connectivity index (χ0n) is 10.3. The van der Waals surface area contributed by atoms with Gasteiger partial charge in [0.1, 0.15) is 0 Å². The minimum atomic E-state index is -0.516. The van der Waals surface area contributed by atoms with E-state index in [4.69, 9.17) is 21.4 Å². The number of aliphatic hydroxyl groups excluding tert-OH is 1. The number of aliphatic hydroxyl groups is 1. The minimum absolute atomic E-state index is 0.144. The zero-order chi connectivity index (χ0) is 14.3. The highest BCUT2D eigenvalue weighted by molar-refractivity contribution is 9.10. The van der Waals surface area contributed by atoms with Gasteiger partial charge in [-0.3, -0.25) is 10.1 Å². The Labute approximate surface area is 124 Å². The van der Waals surface area contributed by atoms with E-state index in [-0.39, 0.29) is 23.1 Å². The Morgan fingerprint density at radius 3 is 2.63 bits per heavy atom. The Kier molecular flexibility index (Phi) is 7.12. The maximum atomic E-state index is 10.9. The van der Waals surface area contributed by atoms with Crippen LogP contribution < -0.4 is 4.74 Å². The van der Waals surface area contributed by atoms with Crippen molar-refractivity contribution in [3.8, 4) is 5.75 Å². The van der Waals surface area contributed by atoms with E-state index in [1.807, 2.05) is 0 Å². The Bertz CT molecular complexity index is 442. The summed E-state index contributed by atoms with van der Waals surface area (Å²) < 4.78 is 5.93. The van der Waals surface area contributed by atoms with Crippen molar-refractivity contribution >= 4 is 33.2 Å². The van der Waals surface area contributed by atoms with E-state index in [0.29, 0.717) is 11.1 Å². The third-order valence-electron chi connectivity index (χ3n) is 2.48. The van der Waals surface area contributed by atoms with Crippen molar-refractivity contribution in [3.63, 3.8) is 0 Å². The van der Waals surface area contributed by atoms with Gasteiger partial charge in [0.2, 0.25) is 5.75 Å². The van der Waals surface area contributed by atoms with Gasteiger partial charge >= 0.3 is 5.69 Å². The number of unbranched alkanes of at least 4 members (excludes halogenated alkanes) is 3. The van der Waals surface area contributed by atoms with Crippen molar-refractivity contribution in [2.45, 2.75) is 25.7 Å². The van der Waals surface area contributed by atoms with Crippen LogP contribution in [0.5, 0.6) is 5.75 Å². The van der Waals surface area contributed by atoms with E-state index < -0.39 is 4.92 Å². The molecule has 0 aliphatic carbocycles. The summed E-state index contributed by atoms with van der Waals surface area (Å²) >= 11 is 8.98. The molecule has 0 aliphatic rings. The molecule has 0 heterocycles. The van der Waals surface area contributed by atoms with Crippen LogP contribution in [0, 0.1) is 10.1 Å². The van der Waals surface area contributed by atoms with E-state index in [2.05, 4.69) is 15.9 Å². The summed E-state index contributed by atoms with van der Waals surface area (Å²) in [4.78, 5) is 10.4. The first-order chi connectivity index (χ1) is 9.06. The van der Waals surface area contributed by atoms with Crippen LogP contribution in [0.15, 0.2) is 16.6 Å². The minimum Gasteiger partial charge on any atom is -0.486 e. The molecule has 0 saturated carbocycles. The smallest absolute Gasteiger partial charge is 0.313 e. The summed E-state index contributed by atoms with van der Waals surface area (Å²) in [6.45, 7) is 0.585. The molecule has 0 aliphatic heterocycles. The van der Waals surface area contributed by atoms with Crippen LogP contribution in [-0.4, -0.2) is 23.2 Å². The molecule has 0 saturated heterocycles. The van der Waals surface area contributed by atoms with Crippen LogP contribution in [0.2, 0.25) is 5.02 Å². The molecule has 5 nitrogen and oxygen atoms in total. The van der Waals surface area contributed by atoms with Gasteiger partial charge in [-0.25, -0.2) is 0 Å². The number of rotatable bonds is 8. The quantitative estimate of drug-likeness (QED) is 0.437. The van der Waals surface area contributed by atoms with E-state index in [1.165, 1.54) is 6.07 Å². The van der Waals surface area contributed by atoms with Crippen LogP contribution in [0.3, 0.4) is 0 Å². The molecule has 1 aromatic rings. The molecule has 19 heavy (non-hydrogen) atoms. The molecule has 106 valence electrons. The van der Waals surface area contributed by atoms with Crippen molar-refractivity contribution < 1.29 is 14.8 Å². The van der Waals surface area contributed by atoms with Gasteiger partial charge < -0.3 is 9.84 Å². The monoisotopic (exact) mass is 351 g/mol. The highest BCUT2D eigenvalue weighted by atomic mass is 79.9. The average Bonchev–Trinajstić information content (AvgIpc) is 2.34. The number of nitrogens with zero attached hydrogens (tertiary/aromatic N) is 1. The van der Waals surface area contributed by atoms with Crippen molar-refractivity contribution in [1.82, 2.24) is 0 Å². The van der Waals surface area contributed by atoms with Gasteiger partial charge in [0.15, 0.2) is 0 Å². The lowest BCUT2D eigenvalue weighted by atomic mass is 10.2. The van der Waals surface area contributed by atoms with Crippen molar-refractivity contribution in [2.24, 2.45) is 0 Å². The number of hydrogen-bond donors (Lipinski definition) is 1. The van der Waals surface area contributed by atoms with Crippen LogP contribution in [-0.2, 0) is 0 Å². The highest BCUT2D eigenvalue weighted by Crippen LogP contribution is 2.37. The summed E-state index contributed by atoms with van der Waals surface area (Å²) in [5.41, 5.74) is -0.144. The maximum absolute atomic E-state index is 10.9. The Morgan fingerprint density at radius 1 is 1.32 bits per heavy atom. The molecule has 0 amide bonds. The fourth-order valence-corrected chi connectivity index (χ4v) is 2.48. The third-order valence-corrected chi connectivity index (χ3v) is 3.29. The van der Waals surface area contributed by atoms with E-state index >= 15 is 0 Å². The summed E-state index contributed by atoms with van der Waals surface area (Å²) in [6.07, 6.45) is 3.39. The first-order valence-corrected chi connectivity index (χ1v) is 7.10. The summed E-state index contributed by atoms with van der Waals surface area (Å²) in [6, 6.07) is 2.84. The fourth-order valence-electron chi connectivity index (χ4n) is 1.57. The standard InChI is InChI=1S/C12H15BrClNO4/c13-10-7-9(14)8-11(15(17)18)12(10)19-6-4-2-1-3-5-16/h7-8,16H,1-6H2. The fraction of sp³-hybridized carbons (Fsp3) is 0.500. The lowest BCUT2D eigenvalue weighted by Crippen LogP contribution is -2.01. The number of nitro benzene ring substituents is 1. The van der Waals surface area contributed by atoms with Crippen LogP contribution >= 0.6 is 27.5 Å². The Balaban J connectivity index is 2.59. The van der Waals surface area contributed by atoms with Crippen LogP contribution in [0.1, 0.15) is 25.7 Å². The molecule has 0 atom stereocenters. The molecule has 1 N–H and O–H groups in total. The van der Waals surface area contributed by atoms with Gasteiger partial charge in [-0.1, -0.05) is 18.0 Å². The first-order valence-electron chi connectivity index (χ1n) is 5.93. The molecule has 7 heteroatoms. The van der Waals surface area contributed by atoms with Gasteiger partial charge in [-0.2, -0.15) is 0 Å². The largest absolute Gasteiger partial charge is 0.486 e. The van der Waals surface area contributed by atoms with Crippen LogP contribution in [0.4, 0.5) is 5.69 Å². The molecule has 1 aromatic carbocycles. The van der Waals surface area contributed by atoms with Crippen molar-refractivity contribution in [3.05, 3.63) is 31.7 Å². The van der Waals surface area contributed by atoms with Gasteiger partial charge in [0.25, 0.3) is 0 Å². The second kappa shape index (κ2) is 8.35. The SMILES string of the molecule is O=[N+]([O-])c1cc(Cl)cc(Br)c1OCCCCCCO. The predicted molar refractivity (Wildman–Crippen MR) is 76.9 cm³/mol. The lowest BCUT2D eigenvalue weighted by molar-refractivity contribution is -0.385. The molecule has 1 rings (SSSR count). The molecule has 0 bridgehead atoms. The number of nitro groups is 1. The summed E-state index contributed by atoms with van der Waals surface area (Å²) in [5.74, 6) is 0.205. The number of halogens is 2. The topological polar surface area (TPSA) is 72.6 Å². The molecular weight excluding hydrogens is 337 g/mol. The summed E-state index contributed by atoms with van der Waals surface area (Å²) in [7, 11) is 0. The molecule has 0 radical (unpaired) electrons. The van der Waals surface area contributed by atoms with Crippen LogP contribution in [0.25, 0.3) is 0 Å². The molecule has 0 spiro atoms. The summed E-state index contributed by atoms with van der Waals surface area (Å²) in [5, 5.41) is 19.8. The Morgan fingerprint density at radius 2 is 2.00 bits per heavy atom. The van der Waals surface area contributed by atoms with Gasteiger partial charge in [0.05, 0.1) is 16.0 Å². The second-order valence-corrected chi connectivity index (χ2v) is 5.27. The highest BCUT2D eigenvalue weighted by Gasteiger charge is 2.19. The van der Waals surface area contributed by atoms with Crippen molar-refractivity contribution in [1.29, 1.82) is 0 Å². The molecule has 0 unspecified atom stereocenters. The van der Waals surface area contributed by atoms with Gasteiger partial charge in [-0.15, -0.1) is 0 Å². The number of ether oxygens (including phenoxy) is 1. The van der Waals surface area contributed by atoms with Gasteiger partial charge in [-0.05, 0) is 41.3 Å². The predicted octanol–water partition coefficient (Wildman–Crippen LogP) is 3.94. The number of benzene rings is 1. The van der Waals surface area contributed by atoms with E-state index in [1.54, 1.807) is 6.07 Å². The Hall–Kier alpha value is -0.850. The maximum Gasteiger partial charge on any atom is 0.313 e. The molecule has 0 fully saturated rings. The van der Waals surface area contributed by atoms with E-state index in [9.17, 15) is 10.1 Å². The normalized spacial score (nSPS) is 10.5. The molecular formula is C12H15BrClNO4. The average molecular weight is 353 g/mol. The zero-order valence-corrected chi connectivity index (χ0v) is 12.6. The van der Waals surface area contributed by atoms with E-state index in [0.717, 1.165) is 25.7 Å². The third kappa shape index (κ3) is 5.34.